The highest BCUT2D eigenvalue weighted by Crippen LogP contribution is 2.28. The van der Waals surface area contributed by atoms with E-state index >= 15 is 0 Å². The van der Waals surface area contributed by atoms with Gasteiger partial charge in [0.2, 0.25) is 0 Å². The van der Waals surface area contributed by atoms with E-state index < -0.39 is 0 Å². The Hall–Kier alpha value is 0.700. The third-order valence-electron chi connectivity index (χ3n) is 0.503. The van der Waals surface area contributed by atoms with E-state index in [-0.39, 0.29) is 3.23 Å². The molecule has 0 radical (unpaired) electrons. The Kier molecular flexibility index (Phi) is 3.16. The van der Waals surface area contributed by atoms with Gasteiger partial charge in [-0.15, -0.1) is 6.58 Å². The van der Waals surface area contributed by atoms with Crippen LogP contribution < -0.4 is 0 Å². The normalized spacial score (nSPS) is 11.3. The van der Waals surface area contributed by atoms with E-state index in [9.17, 15) is 0 Å². The van der Waals surface area contributed by atoms with Gasteiger partial charge in [0.15, 0.2) is 0 Å². The molecule has 7 heavy (non-hydrogen) atoms. The fourth-order valence-corrected chi connectivity index (χ4v) is 0.711. The molecule has 0 atom stereocenters. The molecule has 0 aliphatic carbocycles. The van der Waals surface area contributed by atoms with Gasteiger partial charge in [-0.2, -0.15) is 0 Å². The van der Waals surface area contributed by atoms with Gasteiger partial charge in [0.1, 0.15) is 0 Å². The molecule has 0 saturated heterocycles. The van der Waals surface area contributed by atoms with Gasteiger partial charge in [-0.25, -0.2) is 0 Å². The first-order valence-electron chi connectivity index (χ1n) is 2.05. The third-order valence-corrected chi connectivity index (χ3v) is 1.15. The molecule has 0 nitrogen and oxygen atoms in total. The third kappa shape index (κ3) is 6.70. The molecule has 0 unspecified atom stereocenters. The van der Waals surface area contributed by atoms with Crippen LogP contribution in [0.2, 0.25) is 0 Å². The number of alkyl halides is 2. The summed E-state index contributed by atoms with van der Waals surface area (Å²) in [6, 6.07) is 0. The summed E-state index contributed by atoms with van der Waals surface area (Å²) in [5.74, 6) is 0. The molecule has 0 amide bonds. The number of halogens is 2. The van der Waals surface area contributed by atoms with Crippen molar-refractivity contribution in [3.63, 3.8) is 0 Å². The maximum atomic E-state index is 3.59. The molecule has 42 valence electrons. The second-order valence-corrected chi connectivity index (χ2v) is 6.13. The Bertz CT molecular complexity index is 61.0. The minimum atomic E-state index is 0.0573. The Morgan fingerprint density at radius 2 is 2.14 bits per heavy atom. The SMILES string of the molecule is C=CCC(C)(Br)Br. The zero-order chi connectivity index (χ0) is 5.91. The van der Waals surface area contributed by atoms with E-state index in [0.29, 0.717) is 0 Å². The zero-order valence-electron chi connectivity index (χ0n) is 4.25. The first-order chi connectivity index (χ1) is 3.06. The fourth-order valence-electron chi connectivity index (χ4n) is 0.253. The van der Waals surface area contributed by atoms with Gasteiger partial charge in [-0.3, -0.25) is 0 Å². The Morgan fingerprint density at radius 1 is 1.71 bits per heavy atom. The van der Waals surface area contributed by atoms with Crippen molar-refractivity contribution in [1.82, 2.24) is 0 Å². The van der Waals surface area contributed by atoms with Crippen molar-refractivity contribution in [1.29, 1.82) is 0 Å². The van der Waals surface area contributed by atoms with Gasteiger partial charge in [-0.05, 0) is 13.3 Å². The van der Waals surface area contributed by atoms with Gasteiger partial charge < -0.3 is 0 Å². The maximum absolute atomic E-state index is 3.59. The highest BCUT2D eigenvalue weighted by molar-refractivity contribution is 9.25. The Morgan fingerprint density at radius 3 is 2.14 bits per heavy atom. The fraction of sp³-hybridized carbons (Fsp3) is 0.600. The van der Waals surface area contributed by atoms with Crippen LogP contribution in [0.25, 0.3) is 0 Å². The van der Waals surface area contributed by atoms with E-state index in [4.69, 9.17) is 0 Å². The van der Waals surface area contributed by atoms with Crippen LogP contribution in [0.4, 0.5) is 0 Å². The van der Waals surface area contributed by atoms with Crippen molar-refractivity contribution in [2.75, 3.05) is 0 Å². The lowest BCUT2D eigenvalue weighted by molar-refractivity contribution is 0.952. The van der Waals surface area contributed by atoms with Crippen LogP contribution in [0.3, 0.4) is 0 Å². The quantitative estimate of drug-likeness (QED) is 0.503. The molecule has 0 saturated carbocycles. The summed E-state index contributed by atoms with van der Waals surface area (Å²) in [7, 11) is 0. The molecule has 0 heterocycles. The lowest BCUT2D eigenvalue weighted by atomic mass is 10.3. The summed E-state index contributed by atoms with van der Waals surface area (Å²) in [6.45, 7) is 5.62. The Balaban J connectivity index is 3.34. The van der Waals surface area contributed by atoms with Crippen molar-refractivity contribution >= 4 is 31.9 Å². The van der Waals surface area contributed by atoms with Gasteiger partial charge >= 0.3 is 0 Å². The van der Waals surface area contributed by atoms with Crippen molar-refractivity contribution < 1.29 is 0 Å². The van der Waals surface area contributed by atoms with Crippen LogP contribution in [-0.2, 0) is 0 Å². The molecular formula is C5H8Br2. The minimum absolute atomic E-state index is 0.0573. The highest BCUT2D eigenvalue weighted by Gasteiger charge is 2.10. The van der Waals surface area contributed by atoms with E-state index in [0.717, 1.165) is 6.42 Å². The van der Waals surface area contributed by atoms with Crippen molar-refractivity contribution in [3.8, 4) is 0 Å². The molecule has 2 heteroatoms. The lowest BCUT2D eigenvalue weighted by Gasteiger charge is -2.08. The van der Waals surface area contributed by atoms with E-state index in [1.807, 2.05) is 13.0 Å². The van der Waals surface area contributed by atoms with Gasteiger partial charge in [0.05, 0.1) is 3.23 Å². The highest BCUT2D eigenvalue weighted by atomic mass is 79.9. The predicted molar refractivity (Wildman–Crippen MR) is 41.1 cm³/mol. The average Bonchev–Trinajstić information content (AvgIpc) is 1.30. The number of hydrogen-bond donors (Lipinski definition) is 0. The molecule has 0 spiro atoms. The molecule has 0 rings (SSSR count). The summed E-state index contributed by atoms with van der Waals surface area (Å²) < 4.78 is 0.0573. The second-order valence-electron chi connectivity index (χ2n) is 1.56. The van der Waals surface area contributed by atoms with Crippen LogP contribution in [0, 0.1) is 0 Å². The van der Waals surface area contributed by atoms with E-state index in [1.165, 1.54) is 0 Å². The number of rotatable bonds is 2. The van der Waals surface area contributed by atoms with Crippen LogP contribution in [0.5, 0.6) is 0 Å². The standard InChI is InChI=1S/C5H8Br2/c1-3-4-5(2,6)7/h3H,1,4H2,2H3. The summed E-state index contributed by atoms with van der Waals surface area (Å²) in [4.78, 5) is 0. The number of allylic oxidation sites excluding steroid dienone is 1. The van der Waals surface area contributed by atoms with Crippen LogP contribution in [-0.4, -0.2) is 3.23 Å². The van der Waals surface area contributed by atoms with E-state index in [1.54, 1.807) is 0 Å². The molecule has 0 N–H and O–H groups in total. The minimum Gasteiger partial charge on any atom is -0.103 e. The summed E-state index contributed by atoms with van der Waals surface area (Å²) in [6.07, 6.45) is 2.80. The van der Waals surface area contributed by atoms with E-state index in [2.05, 4.69) is 38.4 Å². The molecule has 0 aromatic heterocycles. The summed E-state index contributed by atoms with van der Waals surface area (Å²) in [5.41, 5.74) is 0. The van der Waals surface area contributed by atoms with Crippen LogP contribution >= 0.6 is 31.9 Å². The Labute approximate surface area is 61.2 Å². The maximum Gasteiger partial charge on any atom is 0.0811 e. The van der Waals surface area contributed by atoms with Crippen molar-refractivity contribution in [2.45, 2.75) is 16.6 Å². The molecule has 0 aliphatic heterocycles. The largest absolute Gasteiger partial charge is 0.103 e. The molecule has 0 bridgehead atoms. The van der Waals surface area contributed by atoms with Gasteiger partial charge in [-0.1, -0.05) is 37.9 Å². The van der Waals surface area contributed by atoms with Crippen LogP contribution in [0.1, 0.15) is 13.3 Å². The van der Waals surface area contributed by atoms with Gasteiger partial charge in [0, 0.05) is 0 Å². The van der Waals surface area contributed by atoms with Crippen molar-refractivity contribution in [2.24, 2.45) is 0 Å². The molecule has 0 aliphatic rings. The smallest absolute Gasteiger partial charge is 0.0811 e. The summed E-state index contributed by atoms with van der Waals surface area (Å²) >= 11 is 6.77. The number of hydrogen-bond acceptors (Lipinski definition) is 0. The first kappa shape index (κ1) is 7.70. The molecule has 0 fully saturated rings. The predicted octanol–water partition coefficient (Wildman–Crippen LogP) is 3.07. The van der Waals surface area contributed by atoms with Gasteiger partial charge in [0.25, 0.3) is 0 Å². The first-order valence-corrected chi connectivity index (χ1v) is 3.63. The monoisotopic (exact) mass is 226 g/mol. The topological polar surface area (TPSA) is 0 Å². The molecule has 0 aromatic rings. The van der Waals surface area contributed by atoms with Crippen molar-refractivity contribution in [3.05, 3.63) is 12.7 Å². The average molecular weight is 228 g/mol. The van der Waals surface area contributed by atoms with Crippen LogP contribution in [0.15, 0.2) is 12.7 Å². The summed E-state index contributed by atoms with van der Waals surface area (Å²) in [5, 5.41) is 0. The zero-order valence-corrected chi connectivity index (χ0v) is 7.42. The molecule has 0 aromatic carbocycles. The lowest BCUT2D eigenvalue weighted by Crippen LogP contribution is -1.99. The molecular weight excluding hydrogens is 220 g/mol. The second kappa shape index (κ2) is 2.88.